The third-order valence-corrected chi connectivity index (χ3v) is 2.21. The van der Waals surface area contributed by atoms with Crippen LogP contribution < -0.4 is 5.73 Å². The zero-order valence-electron chi connectivity index (χ0n) is 10.9. The van der Waals surface area contributed by atoms with Crippen LogP contribution in [-0.4, -0.2) is 27.4 Å². The summed E-state index contributed by atoms with van der Waals surface area (Å²) in [6.45, 7) is 5.50. The fraction of sp³-hybridized carbons (Fsp3) is 0.667. The van der Waals surface area contributed by atoms with Gasteiger partial charge in [-0.15, -0.1) is 0 Å². The van der Waals surface area contributed by atoms with E-state index in [0.717, 1.165) is 12.0 Å². The molecule has 1 atom stereocenters. The molecular weight excluding hydrogens is 218 g/mol. The number of rotatable bonds is 4. The van der Waals surface area contributed by atoms with Crippen molar-refractivity contribution in [3.05, 3.63) is 18.0 Å². The van der Waals surface area contributed by atoms with Gasteiger partial charge >= 0.3 is 5.97 Å². The first kappa shape index (κ1) is 13.7. The molecular formula is C12H21N3O2. The molecule has 0 saturated heterocycles. The summed E-state index contributed by atoms with van der Waals surface area (Å²) in [5, 5.41) is 4.06. The molecule has 0 saturated carbocycles. The Kier molecular flexibility index (Phi) is 4.28. The first-order valence-electron chi connectivity index (χ1n) is 5.74. The van der Waals surface area contributed by atoms with E-state index in [1.807, 2.05) is 34.0 Å². The summed E-state index contributed by atoms with van der Waals surface area (Å²) >= 11 is 0. The summed E-state index contributed by atoms with van der Waals surface area (Å²) in [5.41, 5.74) is 6.37. The van der Waals surface area contributed by atoms with E-state index in [9.17, 15) is 4.79 Å². The summed E-state index contributed by atoms with van der Waals surface area (Å²) in [6.07, 6.45) is 5.00. The number of nitrogens with two attached hydrogens (primary N) is 1. The summed E-state index contributed by atoms with van der Waals surface area (Å²) in [7, 11) is 1.86. The molecule has 17 heavy (non-hydrogen) atoms. The highest BCUT2D eigenvalue weighted by Crippen LogP contribution is 2.10. The molecule has 0 radical (unpaired) electrons. The van der Waals surface area contributed by atoms with Crippen molar-refractivity contribution in [1.82, 2.24) is 9.78 Å². The van der Waals surface area contributed by atoms with Crippen LogP contribution in [0.15, 0.2) is 12.4 Å². The van der Waals surface area contributed by atoms with E-state index in [0.29, 0.717) is 6.42 Å². The maximum absolute atomic E-state index is 11.6. The van der Waals surface area contributed by atoms with Crippen molar-refractivity contribution in [1.29, 1.82) is 0 Å². The number of carbonyl (C=O) groups is 1. The number of aryl methyl sites for hydroxylation is 2. The number of ether oxygens (including phenoxy) is 1. The molecule has 1 heterocycles. The molecule has 0 aromatic carbocycles. The molecule has 5 nitrogen and oxygen atoms in total. The highest BCUT2D eigenvalue weighted by molar-refractivity contribution is 5.75. The second-order valence-electron chi connectivity index (χ2n) is 5.20. The molecule has 1 unspecified atom stereocenters. The van der Waals surface area contributed by atoms with Crippen LogP contribution in [0.1, 0.15) is 32.8 Å². The Hall–Kier alpha value is -1.36. The van der Waals surface area contributed by atoms with Gasteiger partial charge in [0.15, 0.2) is 0 Å². The predicted molar refractivity (Wildman–Crippen MR) is 65.3 cm³/mol. The van der Waals surface area contributed by atoms with Gasteiger partial charge in [-0.25, -0.2) is 0 Å². The van der Waals surface area contributed by atoms with E-state index < -0.39 is 11.6 Å². The monoisotopic (exact) mass is 239 g/mol. The molecule has 1 rings (SSSR count). The molecule has 0 aliphatic rings. The van der Waals surface area contributed by atoms with E-state index in [1.165, 1.54) is 0 Å². The van der Waals surface area contributed by atoms with Crippen LogP contribution in [0.25, 0.3) is 0 Å². The second-order valence-corrected chi connectivity index (χ2v) is 5.20. The molecule has 5 heteroatoms. The van der Waals surface area contributed by atoms with Crippen molar-refractivity contribution in [2.24, 2.45) is 12.8 Å². The molecule has 0 fully saturated rings. The van der Waals surface area contributed by atoms with E-state index >= 15 is 0 Å². The molecule has 1 aromatic rings. The zero-order valence-corrected chi connectivity index (χ0v) is 10.9. The fourth-order valence-corrected chi connectivity index (χ4v) is 1.42. The lowest BCUT2D eigenvalue weighted by Gasteiger charge is -2.22. The van der Waals surface area contributed by atoms with Crippen LogP contribution in [0.4, 0.5) is 0 Å². The van der Waals surface area contributed by atoms with E-state index in [-0.39, 0.29) is 5.97 Å². The molecule has 0 bridgehead atoms. The predicted octanol–water partition coefficient (Wildman–Crippen LogP) is 1.02. The molecule has 0 aliphatic carbocycles. The number of hydrogen-bond donors (Lipinski definition) is 1. The van der Waals surface area contributed by atoms with Gasteiger partial charge in [0.2, 0.25) is 0 Å². The average Bonchev–Trinajstić information content (AvgIpc) is 2.58. The fourth-order valence-electron chi connectivity index (χ4n) is 1.42. The van der Waals surface area contributed by atoms with E-state index in [1.54, 1.807) is 10.9 Å². The molecule has 0 aliphatic heterocycles. The molecule has 0 amide bonds. The third-order valence-electron chi connectivity index (χ3n) is 2.21. The van der Waals surface area contributed by atoms with Gasteiger partial charge in [0.05, 0.1) is 6.20 Å². The minimum Gasteiger partial charge on any atom is -0.459 e. The number of esters is 1. The van der Waals surface area contributed by atoms with Gasteiger partial charge in [0.25, 0.3) is 0 Å². The van der Waals surface area contributed by atoms with Gasteiger partial charge in [-0.3, -0.25) is 9.48 Å². The summed E-state index contributed by atoms with van der Waals surface area (Å²) in [5.74, 6) is -0.346. The smallest absolute Gasteiger partial charge is 0.323 e. The summed E-state index contributed by atoms with van der Waals surface area (Å²) in [6, 6.07) is -0.575. The lowest BCUT2D eigenvalue weighted by Crippen LogP contribution is -2.37. The first-order valence-corrected chi connectivity index (χ1v) is 5.74. The SMILES string of the molecule is Cn1cc(CCC(N)C(=O)OC(C)(C)C)cn1. The van der Waals surface area contributed by atoms with Gasteiger partial charge in [-0.2, -0.15) is 5.10 Å². The molecule has 0 spiro atoms. The van der Waals surface area contributed by atoms with E-state index in [4.69, 9.17) is 10.5 Å². The number of hydrogen-bond acceptors (Lipinski definition) is 4. The van der Waals surface area contributed by atoms with Crippen molar-refractivity contribution in [2.45, 2.75) is 45.3 Å². The zero-order chi connectivity index (χ0) is 13.1. The second kappa shape index (κ2) is 5.31. The Bertz CT molecular complexity index is 379. The lowest BCUT2D eigenvalue weighted by molar-refractivity contribution is -0.156. The third kappa shape index (κ3) is 4.99. The van der Waals surface area contributed by atoms with E-state index in [2.05, 4.69) is 5.10 Å². The standard InChI is InChI=1S/C12H21N3O2/c1-12(2,3)17-11(16)10(13)6-5-9-7-14-15(4)8-9/h7-8,10H,5-6,13H2,1-4H3. The largest absolute Gasteiger partial charge is 0.459 e. The van der Waals surface area contributed by atoms with Crippen molar-refractivity contribution in [3.63, 3.8) is 0 Å². The Balaban J connectivity index is 2.39. The van der Waals surface area contributed by atoms with Crippen LogP contribution in [0, 0.1) is 0 Å². The highest BCUT2D eigenvalue weighted by Gasteiger charge is 2.21. The van der Waals surface area contributed by atoms with Crippen LogP contribution in [0.3, 0.4) is 0 Å². The molecule has 1 aromatic heterocycles. The Morgan fingerprint density at radius 2 is 2.24 bits per heavy atom. The van der Waals surface area contributed by atoms with Gasteiger partial charge < -0.3 is 10.5 Å². The lowest BCUT2D eigenvalue weighted by atomic mass is 10.1. The van der Waals surface area contributed by atoms with Crippen molar-refractivity contribution in [3.8, 4) is 0 Å². The van der Waals surface area contributed by atoms with Gasteiger partial charge in [-0.05, 0) is 39.2 Å². The van der Waals surface area contributed by atoms with Crippen molar-refractivity contribution >= 4 is 5.97 Å². The van der Waals surface area contributed by atoms with Crippen LogP contribution in [-0.2, 0) is 23.0 Å². The summed E-state index contributed by atoms with van der Waals surface area (Å²) < 4.78 is 6.94. The Morgan fingerprint density at radius 3 is 2.71 bits per heavy atom. The van der Waals surface area contributed by atoms with Gasteiger partial charge in [0.1, 0.15) is 11.6 Å². The van der Waals surface area contributed by atoms with Crippen LogP contribution in [0.5, 0.6) is 0 Å². The minimum atomic E-state index is -0.575. The van der Waals surface area contributed by atoms with Crippen LogP contribution in [0.2, 0.25) is 0 Å². The van der Waals surface area contributed by atoms with Crippen molar-refractivity contribution in [2.75, 3.05) is 0 Å². The van der Waals surface area contributed by atoms with Crippen LogP contribution >= 0.6 is 0 Å². The quantitative estimate of drug-likeness (QED) is 0.796. The van der Waals surface area contributed by atoms with Crippen molar-refractivity contribution < 1.29 is 9.53 Å². The highest BCUT2D eigenvalue weighted by atomic mass is 16.6. The number of aromatic nitrogens is 2. The first-order chi connectivity index (χ1) is 7.78. The number of nitrogens with zero attached hydrogens (tertiary/aromatic N) is 2. The average molecular weight is 239 g/mol. The van der Waals surface area contributed by atoms with Gasteiger partial charge in [0, 0.05) is 13.2 Å². The van der Waals surface area contributed by atoms with Gasteiger partial charge in [-0.1, -0.05) is 0 Å². The topological polar surface area (TPSA) is 70.1 Å². The maximum Gasteiger partial charge on any atom is 0.323 e. The Morgan fingerprint density at radius 1 is 1.59 bits per heavy atom. The summed E-state index contributed by atoms with van der Waals surface area (Å²) in [4.78, 5) is 11.6. The molecule has 2 N–H and O–H groups in total. The minimum absolute atomic E-state index is 0.346. The number of carbonyl (C=O) groups excluding carboxylic acids is 1. The normalized spacial score (nSPS) is 13.5. The maximum atomic E-state index is 11.6. The molecule has 96 valence electrons. The Labute approximate surface area is 102 Å².